The first kappa shape index (κ1) is 29.6. The highest BCUT2D eigenvalue weighted by atomic mass is 35.5. The molecule has 0 spiro atoms. The number of alkyl halides is 3. The molecule has 2 amide bonds. The second-order valence-electron chi connectivity index (χ2n) is 9.87. The molecule has 1 heterocycles. The number of anilines is 2. The number of carbonyl (C=O) groups excluding carboxylic acids is 3. The number of hydrogen-bond acceptors (Lipinski definition) is 5. The third kappa shape index (κ3) is 8.03. The Morgan fingerprint density at radius 2 is 1.64 bits per heavy atom. The lowest BCUT2D eigenvalue weighted by Gasteiger charge is -2.21. The van der Waals surface area contributed by atoms with Crippen LogP contribution in [0.2, 0.25) is 5.02 Å². The normalized spacial score (nSPS) is 11.6. The van der Waals surface area contributed by atoms with Gasteiger partial charge in [0, 0.05) is 17.5 Å². The predicted octanol–water partition coefficient (Wildman–Crippen LogP) is 7.60. The van der Waals surface area contributed by atoms with Crippen molar-refractivity contribution in [3.63, 3.8) is 0 Å². The standard InChI is InChI=1S/C28H27ClF3N3O4/c1-15-14-33-16(2)9-19(15)17-7-6-8-18(10-17)24(36)13-25(37)34-22-11-20(28(30,31)32)21(29)12-23(22)35-26(38)39-27(3,4)5/h6-12,14H,13H2,1-5H3,(H,34,37)(H,35,38). The van der Waals surface area contributed by atoms with E-state index >= 15 is 0 Å². The van der Waals surface area contributed by atoms with Crippen LogP contribution in [0.25, 0.3) is 11.1 Å². The summed E-state index contributed by atoms with van der Waals surface area (Å²) in [5, 5.41) is 3.89. The van der Waals surface area contributed by atoms with Crippen molar-refractivity contribution < 1.29 is 32.3 Å². The number of nitrogens with one attached hydrogen (secondary N) is 2. The van der Waals surface area contributed by atoms with Crippen LogP contribution in [0.5, 0.6) is 0 Å². The topological polar surface area (TPSA) is 97.4 Å². The van der Waals surface area contributed by atoms with E-state index in [1.54, 1.807) is 45.2 Å². The Hall–Kier alpha value is -3.92. The average Bonchev–Trinajstić information content (AvgIpc) is 2.80. The fourth-order valence-electron chi connectivity index (χ4n) is 3.65. The lowest BCUT2D eigenvalue weighted by molar-refractivity contribution is -0.137. The zero-order chi connectivity index (χ0) is 29.1. The lowest BCUT2D eigenvalue weighted by Crippen LogP contribution is -2.28. The number of aromatic nitrogens is 1. The largest absolute Gasteiger partial charge is 0.444 e. The van der Waals surface area contributed by atoms with E-state index in [2.05, 4.69) is 15.6 Å². The molecular weight excluding hydrogens is 535 g/mol. The van der Waals surface area contributed by atoms with E-state index in [1.165, 1.54) is 0 Å². The van der Waals surface area contributed by atoms with E-state index < -0.39 is 52.3 Å². The van der Waals surface area contributed by atoms with Gasteiger partial charge in [0.05, 0.1) is 28.4 Å². The molecule has 3 rings (SSSR count). The molecule has 1 aromatic heterocycles. The number of benzene rings is 2. The Morgan fingerprint density at radius 1 is 0.974 bits per heavy atom. The average molecular weight is 562 g/mol. The van der Waals surface area contributed by atoms with E-state index in [1.807, 2.05) is 26.0 Å². The molecule has 11 heteroatoms. The molecule has 7 nitrogen and oxygen atoms in total. The molecule has 3 aromatic rings. The van der Waals surface area contributed by atoms with Gasteiger partial charge in [0.25, 0.3) is 0 Å². The van der Waals surface area contributed by atoms with Crippen LogP contribution in [-0.2, 0) is 15.7 Å². The zero-order valence-corrected chi connectivity index (χ0v) is 22.7. The number of ether oxygens (including phenoxy) is 1. The SMILES string of the molecule is Cc1cc(-c2cccc(C(=O)CC(=O)Nc3cc(C(F)(F)F)c(Cl)cc3NC(=O)OC(C)(C)C)c2)c(C)cn1. The molecular formula is C28H27ClF3N3O4. The molecule has 0 radical (unpaired) electrons. The summed E-state index contributed by atoms with van der Waals surface area (Å²) in [5.41, 5.74) is 0.825. The number of amides is 2. The first-order valence-electron chi connectivity index (χ1n) is 11.8. The molecule has 2 aromatic carbocycles. The molecule has 0 fully saturated rings. The summed E-state index contributed by atoms with van der Waals surface area (Å²) < 4.78 is 45.6. The molecule has 39 heavy (non-hydrogen) atoms. The number of halogens is 4. The van der Waals surface area contributed by atoms with Gasteiger partial charge in [0.15, 0.2) is 5.78 Å². The third-order valence-electron chi connectivity index (χ3n) is 5.38. The summed E-state index contributed by atoms with van der Waals surface area (Å²) in [4.78, 5) is 42.2. The second-order valence-corrected chi connectivity index (χ2v) is 10.3. The van der Waals surface area contributed by atoms with Crippen LogP contribution in [0.4, 0.5) is 29.3 Å². The van der Waals surface area contributed by atoms with Crippen molar-refractivity contribution in [1.82, 2.24) is 4.98 Å². The highest BCUT2D eigenvalue weighted by Crippen LogP contribution is 2.40. The van der Waals surface area contributed by atoms with Crippen LogP contribution < -0.4 is 10.6 Å². The molecule has 0 aliphatic carbocycles. The van der Waals surface area contributed by atoms with Gasteiger partial charge in [0.1, 0.15) is 5.60 Å². The maximum Gasteiger partial charge on any atom is 0.417 e. The van der Waals surface area contributed by atoms with Crippen molar-refractivity contribution in [2.75, 3.05) is 10.6 Å². The minimum absolute atomic E-state index is 0.228. The number of nitrogens with zero attached hydrogens (tertiary/aromatic N) is 1. The number of pyridine rings is 1. The lowest BCUT2D eigenvalue weighted by atomic mass is 9.97. The van der Waals surface area contributed by atoms with Crippen LogP contribution in [0.15, 0.2) is 48.7 Å². The summed E-state index contributed by atoms with van der Waals surface area (Å²) in [6.45, 7) is 8.54. The summed E-state index contributed by atoms with van der Waals surface area (Å²) in [7, 11) is 0. The minimum atomic E-state index is -4.83. The predicted molar refractivity (Wildman–Crippen MR) is 143 cm³/mol. The Bertz CT molecular complexity index is 1430. The van der Waals surface area contributed by atoms with E-state index in [0.29, 0.717) is 6.07 Å². The van der Waals surface area contributed by atoms with E-state index in [-0.39, 0.29) is 11.3 Å². The Balaban J connectivity index is 1.85. The maximum atomic E-state index is 13.5. The van der Waals surface area contributed by atoms with Crippen molar-refractivity contribution in [2.45, 2.75) is 52.8 Å². The zero-order valence-electron chi connectivity index (χ0n) is 21.9. The van der Waals surface area contributed by atoms with E-state index in [0.717, 1.165) is 28.5 Å². The van der Waals surface area contributed by atoms with Crippen molar-refractivity contribution in [3.05, 3.63) is 76.1 Å². The van der Waals surface area contributed by atoms with Gasteiger partial charge in [0.2, 0.25) is 5.91 Å². The third-order valence-corrected chi connectivity index (χ3v) is 5.69. The quantitative estimate of drug-likeness (QED) is 0.238. The van der Waals surface area contributed by atoms with Gasteiger partial charge in [-0.3, -0.25) is 19.9 Å². The van der Waals surface area contributed by atoms with Gasteiger partial charge >= 0.3 is 12.3 Å². The van der Waals surface area contributed by atoms with Crippen molar-refractivity contribution in [3.8, 4) is 11.1 Å². The van der Waals surface area contributed by atoms with Gasteiger partial charge in [-0.1, -0.05) is 29.8 Å². The number of aryl methyl sites for hydroxylation is 2. The van der Waals surface area contributed by atoms with Crippen LogP contribution in [-0.4, -0.2) is 28.4 Å². The van der Waals surface area contributed by atoms with Crippen molar-refractivity contribution in [1.29, 1.82) is 0 Å². The monoisotopic (exact) mass is 561 g/mol. The highest BCUT2D eigenvalue weighted by Gasteiger charge is 2.34. The van der Waals surface area contributed by atoms with Gasteiger partial charge in [-0.15, -0.1) is 0 Å². The fraction of sp³-hybridized carbons (Fsp3) is 0.286. The highest BCUT2D eigenvalue weighted by molar-refractivity contribution is 6.32. The molecule has 0 atom stereocenters. The molecule has 206 valence electrons. The van der Waals surface area contributed by atoms with Gasteiger partial charge in [-0.2, -0.15) is 13.2 Å². The Labute approximate surface area is 228 Å². The number of carbonyl (C=O) groups is 3. The Morgan fingerprint density at radius 3 is 2.28 bits per heavy atom. The smallest absolute Gasteiger partial charge is 0.417 e. The molecule has 0 bridgehead atoms. The number of Topliss-reactive ketones (excluding diaryl/α,β-unsaturated/α-hetero) is 1. The fourth-order valence-corrected chi connectivity index (χ4v) is 3.92. The van der Waals surface area contributed by atoms with Gasteiger partial charge in [-0.05, 0) is 75.6 Å². The first-order valence-corrected chi connectivity index (χ1v) is 12.2. The molecule has 0 unspecified atom stereocenters. The van der Waals surface area contributed by atoms with E-state index in [9.17, 15) is 27.6 Å². The van der Waals surface area contributed by atoms with Crippen molar-refractivity contribution in [2.24, 2.45) is 0 Å². The molecule has 0 aliphatic rings. The molecule has 0 saturated carbocycles. The summed E-state index contributed by atoms with van der Waals surface area (Å²) in [6, 6.07) is 10.00. The molecule has 2 N–H and O–H groups in total. The number of hydrogen-bond donors (Lipinski definition) is 2. The minimum Gasteiger partial charge on any atom is -0.444 e. The first-order chi connectivity index (χ1) is 18.0. The number of rotatable bonds is 6. The van der Waals surface area contributed by atoms with Crippen LogP contribution >= 0.6 is 11.6 Å². The second kappa shape index (κ2) is 11.4. The summed E-state index contributed by atoms with van der Waals surface area (Å²) >= 11 is 5.81. The molecule has 0 saturated heterocycles. The van der Waals surface area contributed by atoms with Gasteiger partial charge < -0.3 is 10.1 Å². The maximum absolute atomic E-state index is 13.5. The van der Waals surface area contributed by atoms with Crippen LogP contribution in [0, 0.1) is 13.8 Å². The van der Waals surface area contributed by atoms with Crippen LogP contribution in [0.1, 0.15) is 54.4 Å². The van der Waals surface area contributed by atoms with Crippen LogP contribution in [0.3, 0.4) is 0 Å². The van der Waals surface area contributed by atoms with Crippen molar-refractivity contribution >= 4 is 40.8 Å². The van der Waals surface area contributed by atoms with E-state index in [4.69, 9.17) is 16.3 Å². The number of ketones is 1. The van der Waals surface area contributed by atoms with Gasteiger partial charge in [-0.25, -0.2) is 4.79 Å². The molecule has 0 aliphatic heterocycles. The summed E-state index contributed by atoms with van der Waals surface area (Å²) in [5.74, 6) is -1.44. The summed E-state index contributed by atoms with van der Waals surface area (Å²) in [6.07, 6.45) is -4.74. The Kier molecular flexibility index (Phi) is 8.70.